The zero-order chi connectivity index (χ0) is 22.3. The number of benzene rings is 3. The first kappa shape index (κ1) is 22.5. The fourth-order valence-corrected chi connectivity index (χ4v) is 4.28. The van der Waals surface area contributed by atoms with Crippen LogP contribution in [0.2, 0.25) is 0 Å². The third-order valence-corrected chi connectivity index (χ3v) is 6.26. The standard InChI is InChI=1S/C24H26N2O4S/c1-18-7-6-8-20(15-18)16-25-24(27)17-30-22-11-13-23(14-12-22)31(28,29)26-19(2)21-9-4-3-5-10-21/h3-15,19,26H,16-17H2,1-2H3,(H,25,27). The fourth-order valence-electron chi connectivity index (χ4n) is 3.05. The van der Waals surface area contributed by atoms with Crippen LogP contribution in [0.4, 0.5) is 0 Å². The lowest BCUT2D eigenvalue weighted by atomic mass is 10.1. The van der Waals surface area contributed by atoms with Gasteiger partial charge >= 0.3 is 0 Å². The van der Waals surface area contributed by atoms with Crippen LogP contribution in [-0.2, 0) is 21.4 Å². The monoisotopic (exact) mass is 438 g/mol. The van der Waals surface area contributed by atoms with Crippen molar-refractivity contribution < 1.29 is 17.9 Å². The molecule has 3 aromatic carbocycles. The number of nitrogens with one attached hydrogen (secondary N) is 2. The molecule has 0 bridgehead atoms. The highest BCUT2D eigenvalue weighted by atomic mass is 32.2. The molecule has 0 spiro atoms. The zero-order valence-corrected chi connectivity index (χ0v) is 18.4. The lowest BCUT2D eigenvalue weighted by molar-refractivity contribution is -0.123. The smallest absolute Gasteiger partial charge is 0.258 e. The van der Waals surface area contributed by atoms with E-state index in [4.69, 9.17) is 4.74 Å². The van der Waals surface area contributed by atoms with Crippen LogP contribution in [0.15, 0.2) is 83.8 Å². The summed E-state index contributed by atoms with van der Waals surface area (Å²) in [5.74, 6) is 0.164. The van der Waals surface area contributed by atoms with Crippen molar-refractivity contribution in [3.05, 3.63) is 95.6 Å². The normalized spacial score (nSPS) is 12.2. The molecule has 1 amide bonds. The number of rotatable bonds is 9. The van der Waals surface area contributed by atoms with Crippen LogP contribution in [0.1, 0.15) is 29.7 Å². The Morgan fingerprint density at radius 3 is 2.35 bits per heavy atom. The molecule has 0 fully saturated rings. The predicted octanol–water partition coefficient (Wildman–Crippen LogP) is 3.73. The SMILES string of the molecule is Cc1cccc(CNC(=O)COc2ccc(S(=O)(=O)NC(C)c3ccccc3)cc2)c1. The number of carbonyl (C=O) groups is 1. The summed E-state index contributed by atoms with van der Waals surface area (Å²) >= 11 is 0. The van der Waals surface area contributed by atoms with Gasteiger partial charge in [-0.05, 0) is 49.2 Å². The lowest BCUT2D eigenvalue weighted by Crippen LogP contribution is -2.28. The Balaban J connectivity index is 1.51. The minimum absolute atomic E-state index is 0.131. The molecule has 162 valence electrons. The molecule has 0 radical (unpaired) electrons. The Morgan fingerprint density at radius 1 is 0.968 bits per heavy atom. The molecule has 31 heavy (non-hydrogen) atoms. The number of aryl methyl sites for hydroxylation is 1. The Labute approximate surface area is 183 Å². The van der Waals surface area contributed by atoms with Crippen molar-refractivity contribution in [3.63, 3.8) is 0 Å². The van der Waals surface area contributed by atoms with Crippen LogP contribution in [0.5, 0.6) is 5.75 Å². The van der Waals surface area contributed by atoms with Crippen molar-refractivity contribution in [2.24, 2.45) is 0 Å². The van der Waals surface area contributed by atoms with E-state index in [-0.39, 0.29) is 23.5 Å². The van der Waals surface area contributed by atoms with Gasteiger partial charge in [0.25, 0.3) is 5.91 Å². The molecule has 3 rings (SSSR count). The number of hydrogen-bond acceptors (Lipinski definition) is 4. The summed E-state index contributed by atoms with van der Waals surface area (Å²) in [6.45, 7) is 4.06. The van der Waals surface area contributed by atoms with Gasteiger partial charge in [0.1, 0.15) is 5.75 Å². The molecule has 3 aromatic rings. The van der Waals surface area contributed by atoms with Crippen molar-refractivity contribution in [3.8, 4) is 5.75 Å². The number of sulfonamides is 1. The van der Waals surface area contributed by atoms with Crippen molar-refractivity contribution in [1.29, 1.82) is 0 Å². The molecule has 6 nitrogen and oxygen atoms in total. The second-order valence-electron chi connectivity index (χ2n) is 7.28. The molecule has 0 saturated heterocycles. The van der Waals surface area contributed by atoms with E-state index in [9.17, 15) is 13.2 Å². The average molecular weight is 439 g/mol. The number of ether oxygens (including phenoxy) is 1. The van der Waals surface area contributed by atoms with Crippen LogP contribution < -0.4 is 14.8 Å². The number of carbonyl (C=O) groups excluding carboxylic acids is 1. The first-order valence-electron chi connectivity index (χ1n) is 9.96. The van der Waals surface area contributed by atoms with Crippen molar-refractivity contribution in [2.45, 2.75) is 31.3 Å². The molecule has 7 heteroatoms. The highest BCUT2D eigenvalue weighted by molar-refractivity contribution is 7.89. The van der Waals surface area contributed by atoms with E-state index in [0.29, 0.717) is 12.3 Å². The molecule has 0 aliphatic carbocycles. The predicted molar refractivity (Wildman–Crippen MR) is 120 cm³/mol. The topological polar surface area (TPSA) is 84.5 Å². The quantitative estimate of drug-likeness (QED) is 0.533. The van der Waals surface area contributed by atoms with Crippen molar-refractivity contribution >= 4 is 15.9 Å². The van der Waals surface area contributed by atoms with Gasteiger partial charge in [0.2, 0.25) is 10.0 Å². The van der Waals surface area contributed by atoms with Crippen LogP contribution in [0.3, 0.4) is 0 Å². The second kappa shape index (κ2) is 10.2. The van der Waals surface area contributed by atoms with Crippen LogP contribution >= 0.6 is 0 Å². The summed E-state index contributed by atoms with van der Waals surface area (Å²) in [6.07, 6.45) is 0. The maximum atomic E-state index is 12.6. The minimum Gasteiger partial charge on any atom is -0.484 e. The summed E-state index contributed by atoms with van der Waals surface area (Å²) in [4.78, 5) is 12.1. The van der Waals surface area contributed by atoms with Gasteiger partial charge in [-0.25, -0.2) is 13.1 Å². The van der Waals surface area contributed by atoms with Gasteiger partial charge in [-0.15, -0.1) is 0 Å². The second-order valence-corrected chi connectivity index (χ2v) is 8.99. The average Bonchev–Trinajstić information content (AvgIpc) is 2.77. The summed E-state index contributed by atoms with van der Waals surface area (Å²) in [5, 5.41) is 2.80. The van der Waals surface area contributed by atoms with Crippen molar-refractivity contribution in [1.82, 2.24) is 10.0 Å². The summed E-state index contributed by atoms with van der Waals surface area (Å²) in [5.41, 5.74) is 3.02. The van der Waals surface area contributed by atoms with E-state index in [1.54, 1.807) is 6.92 Å². The summed E-state index contributed by atoms with van der Waals surface area (Å²) < 4.78 is 33.4. The van der Waals surface area contributed by atoms with Crippen molar-refractivity contribution in [2.75, 3.05) is 6.61 Å². The van der Waals surface area contributed by atoms with E-state index in [1.165, 1.54) is 24.3 Å². The van der Waals surface area contributed by atoms with Crippen LogP contribution in [-0.4, -0.2) is 20.9 Å². The molecular weight excluding hydrogens is 412 g/mol. The highest BCUT2D eigenvalue weighted by Crippen LogP contribution is 2.19. The maximum absolute atomic E-state index is 12.6. The van der Waals surface area contributed by atoms with E-state index in [1.807, 2.05) is 61.5 Å². The maximum Gasteiger partial charge on any atom is 0.258 e. The lowest BCUT2D eigenvalue weighted by Gasteiger charge is -2.15. The molecule has 1 unspecified atom stereocenters. The van der Waals surface area contributed by atoms with Crippen LogP contribution in [0.25, 0.3) is 0 Å². The Morgan fingerprint density at radius 2 is 1.68 bits per heavy atom. The van der Waals surface area contributed by atoms with Gasteiger partial charge in [-0.3, -0.25) is 4.79 Å². The van der Waals surface area contributed by atoms with E-state index in [0.717, 1.165) is 16.7 Å². The number of amides is 1. The molecule has 0 aliphatic heterocycles. The molecule has 1 atom stereocenters. The van der Waals surface area contributed by atoms with E-state index < -0.39 is 10.0 Å². The van der Waals surface area contributed by atoms with Gasteiger partial charge in [0.15, 0.2) is 6.61 Å². The number of hydrogen-bond donors (Lipinski definition) is 2. The highest BCUT2D eigenvalue weighted by Gasteiger charge is 2.18. The van der Waals surface area contributed by atoms with Gasteiger partial charge in [0, 0.05) is 12.6 Å². The molecule has 0 aliphatic rings. The Hall–Kier alpha value is -3.16. The van der Waals surface area contributed by atoms with Crippen LogP contribution in [0, 0.1) is 6.92 Å². The first-order valence-corrected chi connectivity index (χ1v) is 11.4. The van der Waals surface area contributed by atoms with E-state index >= 15 is 0 Å². The van der Waals surface area contributed by atoms with E-state index in [2.05, 4.69) is 10.0 Å². The third kappa shape index (κ3) is 6.67. The minimum atomic E-state index is -3.68. The zero-order valence-electron chi connectivity index (χ0n) is 17.5. The van der Waals surface area contributed by atoms with Gasteiger partial charge in [0.05, 0.1) is 4.90 Å². The first-order chi connectivity index (χ1) is 14.8. The Kier molecular flexibility index (Phi) is 7.44. The summed E-state index contributed by atoms with van der Waals surface area (Å²) in [7, 11) is -3.68. The van der Waals surface area contributed by atoms with Gasteiger partial charge in [-0.1, -0.05) is 60.2 Å². The third-order valence-electron chi connectivity index (χ3n) is 4.71. The fraction of sp³-hybridized carbons (Fsp3) is 0.208. The molecule has 0 aromatic heterocycles. The largest absolute Gasteiger partial charge is 0.484 e. The van der Waals surface area contributed by atoms with Gasteiger partial charge < -0.3 is 10.1 Å². The molecule has 0 heterocycles. The molecule has 0 saturated carbocycles. The van der Waals surface area contributed by atoms with Gasteiger partial charge in [-0.2, -0.15) is 0 Å². The Bertz CT molecular complexity index is 1110. The molecule has 2 N–H and O–H groups in total. The summed E-state index contributed by atoms with van der Waals surface area (Å²) in [6, 6.07) is 22.9. The molecular formula is C24H26N2O4S.